The highest BCUT2D eigenvalue weighted by atomic mass is 16.7. The fourth-order valence-corrected chi connectivity index (χ4v) is 7.85. The summed E-state index contributed by atoms with van der Waals surface area (Å²) in [4.78, 5) is 50.5. The van der Waals surface area contributed by atoms with Gasteiger partial charge in [-0.25, -0.2) is 0 Å². The van der Waals surface area contributed by atoms with E-state index in [1.165, 1.54) is 4.90 Å². The van der Waals surface area contributed by atoms with Gasteiger partial charge in [-0.15, -0.1) is 0 Å². The number of amides is 2. The molecule has 50 heavy (non-hydrogen) atoms. The number of carbonyl (C=O) groups is 4. The highest BCUT2D eigenvalue weighted by Crippen LogP contribution is 2.43. The van der Waals surface area contributed by atoms with Gasteiger partial charge in [-0.1, -0.05) is 12.1 Å². The third-order valence-electron chi connectivity index (χ3n) is 9.87. The van der Waals surface area contributed by atoms with Crippen molar-refractivity contribution in [1.82, 2.24) is 4.90 Å². The van der Waals surface area contributed by atoms with Crippen LogP contribution in [0.25, 0.3) is 0 Å². The standard InChI is InChI=1S/C23H29NO6.C15H27NO4/c1-15(2)28-20(25)14-17-13-16(29-23(30-17)10-5-6-11-23)9-12-24-21(26)18-7-3-4-8-19(18)22(24)27;1-11(2)18-14(17)10-13-9-12(5-8-16)19-15(20-13)6-3-4-7-15/h3-4,7-8,15-17H,5-6,9-14H2,1-2H3;11-13H,3-10,16H2,1-2H3/t16-,17-;12-,13-/m11/s1. The molecule has 2 saturated carbocycles. The van der Waals surface area contributed by atoms with Crippen LogP contribution in [-0.2, 0) is 38.0 Å². The molecule has 4 fully saturated rings. The number of rotatable bonds is 11. The van der Waals surface area contributed by atoms with Crippen LogP contribution in [0.5, 0.6) is 0 Å². The lowest BCUT2D eigenvalue weighted by Gasteiger charge is -2.43. The van der Waals surface area contributed by atoms with Crippen molar-refractivity contribution >= 4 is 23.8 Å². The van der Waals surface area contributed by atoms with Crippen LogP contribution in [0.15, 0.2) is 24.3 Å². The average Bonchev–Trinajstić information content (AvgIpc) is 3.74. The van der Waals surface area contributed by atoms with Gasteiger partial charge in [0.2, 0.25) is 0 Å². The molecule has 4 atom stereocenters. The topological polar surface area (TPSA) is 153 Å². The van der Waals surface area contributed by atoms with Crippen molar-refractivity contribution in [3.8, 4) is 0 Å². The van der Waals surface area contributed by atoms with Crippen LogP contribution in [0, 0.1) is 0 Å². The third-order valence-corrected chi connectivity index (χ3v) is 9.87. The highest BCUT2D eigenvalue weighted by molar-refractivity contribution is 6.21. The number of fused-ring (bicyclic) bond motifs is 1. The quantitative estimate of drug-likeness (QED) is 0.227. The predicted molar refractivity (Wildman–Crippen MR) is 183 cm³/mol. The van der Waals surface area contributed by atoms with Gasteiger partial charge >= 0.3 is 11.9 Å². The summed E-state index contributed by atoms with van der Waals surface area (Å²) in [7, 11) is 0. The van der Waals surface area contributed by atoms with E-state index in [0.29, 0.717) is 36.9 Å². The summed E-state index contributed by atoms with van der Waals surface area (Å²) in [5.74, 6) is -2.10. The van der Waals surface area contributed by atoms with E-state index in [0.717, 1.165) is 64.2 Å². The van der Waals surface area contributed by atoms with Gasteiger partial charge in [0.25, 0.3) is 11.8 Å². The van der Waals surface area contributed by atoms with E-state index in [1.807, 2.05) is 27.7 Å². The predicted octanol–water partition coefficient (Wildman–Crippen LogP) is 5.58. The molecule has 278 valence electrons. The Morgan fingerprint density at radius 1 is 0.720 bits per heavy atom. The van der Waals surface area contributed by atoms with E-state index >= 15 is 0 Å². The average molecular weight is 701 g/mol. The largest absolute Gasteiger partial charge is 0.463 e. The number of nitrogens with zero attached hydrogens (tertiary/aromatic N) is 1. The SMILES string of the molecule is CC(C)OC(=O)C[C@H]1C[C@@H](CCN)OC2(CCCC2)O1.CC(C)OC(=O)C[C@H]1C[C@@H](CCN2C(=O)c3ccccc3C2=O)OC2(CCCC2)O1. The lowest BCUT2D eigenvalue weighted by molar-refractivity contribution is -0.315. The number of ether oxygens (including phenoxy) is 6. The van der Waals surface area contributed by atoms with Crippen LogP contribution in [-0.4, -0.2) is 89.9 Å². The van der Waals surface area contributed by atoms with Crippen molar-refractivity contribution in [2.75, 3.05) is 13.1 Å². The number of benzene rings is 1. The molecule has 1 aromatic rings. The molecule has 0 bridgehead atoms. The van der Waals surface area contributed by atoms with Crippen LogP contribution in [0.4, 0.5) is 0 Å². The minimum absolute atomic E-state index is 0.0809. The fourth-order valence-electron chi connectivity index (χ4n) is 7.85. The first-order valence-electron chi connectivity index (χ1n) is 18.7. The van der Waals surface area contributed by atoms with Crippen molar-refractivity contribution in [3.63, 3.8) is 0 Å². The summed E-state index contributed by atoms with van der Waals surface area (Å²) < 4.78 is 35.2. The Bertz CT molecular complexity index is 1300. The summed E-state index contributed by atoms with van der Waals surface area (Å²) in [5.41, 5.74) is 6.56. The van der Waals surface area contributed by atoms with Crippen LogP contribution >= 0.6 is 0 Å². The van der Waals surface area contributed by atoms with Crippen LogP contribution in [0.2, 0.25) is 0 Å². The molecule has 12 nitrogen and oxygen atoms in total. The molecule has 3 heterocycles. The molecule has 12 heteroatoms. The Morgan fingerprint density at radius 3 is 1.52 bits per heavy atom. The molecule has 0 unspecified atom stereocenters. The normalized spacial score (nSPS) is 26.7. The molecule has 0 radical (unpaired) electrons. The second kappa shape index (κ2) is 17.1. The van der Waals surface area contributed by atoms with Crippen LogP contribution in [0.1, 0.15) is 138 Å². The summed E-state index contributed by atoms with van der Waals surface area (Å²) in [6.07, 6.45) is 10.1. The molecule has 6 rings (SSSR count). The van der Waals surface area contributed by atoms with Crippen molar-refractivity contribution in [1.29, 1.82) is 0 Å². The summed E-state index contributed by atoms with van der Waals surface area (Å²) in [5, 5.41) is 0. The lowest BCUT2D eigenvalue weighted by Crippen LogP contribution is -2.48. The van der Waals surface area contributed by atoms with Gasteiger partial charge in [-0.2, -0.15) is 0 Å². The molecule has 2 aliphatic carbocycles. The third kappa shape index (κ3) is 9.91. The number of imide groups is 1. The Labute approximate surface area is 296 Å². The molecular formula is C38H56N2O10. The molecular weight excluding hydrogens is 644 g/mol. The van der Waals surface area contributed by atoms with Crippen molar-refractivity contribution in [2.24, 2.45) is 5.73 Å². The Hall–Kier alpha value is -2.90. The Balaban J connectivity index is 0.000000211. The van der Waals surface area contributed by atoms with Crippen LogP contribution < -0.4 is 5.73 Å². The molecule has 0 aromatic heterocycles. The number of hydrogen-bond acceptors (Lipinski definition) is 11. The van der Waals surface area contributed by atoms with Gasteiger partial charge in [0.1, 0.15) is 0 Å². The van der Waals surface area contributed by atoms with Gasteiger partial charge < -0.3 is 34.2 Å². The van der Waals surface area contributed by atoms with Gasteiger partial charge in [-0.3, -0.25) is 24.1 Å². The Kier molecular flexibility index (Phi) is 13.1. The van der Waals surface area contributed by atoms with Crippen molar-refractivity contribution < 1.29 is 47.6 Å². The second-order valence-electron chi connectivity index (χ2n) is 14.8. The van der Waals surface area contributed by atoms with Crippen LogP contribution in [0.3, 0.4) is 0 Å². The van der Waals surface area contributed by atoms with Gasteiger partial charge in [-0.05, 0) is 84.9 Å². The lowest BCUT2D eigenvalue weighted by atomic mass is 10.0. The monoisotopic (exact) mass is 700 g/mol. The molecule has 5 aliphatic rings. The molecule has 3 aliphatic heterocycles. The van der Waals surface area contributed by atoms with E-state index in [9.17, 15) is 19.2 Å². The maximum atomic E-state index is 12.6. The number of nitrogens with two attached hydrogens (primary N) is 1. The molecule has 2 saturated heterocycles. The smallest absolute Gasteiger partial charge is 0.308 e. The first-order chi connectivity index (χ1) is 23.9. The van der Waals surface area contributed by atoms with E-state index in [-0.39, 0.29) is 73.3 Å². The number of carbonyl (C=O) groups excluding carboxylic acids is 4. The van der Waals surface area contributed by atoms with Gasteiger partial charge in [0.15, 0.2) is 11.6 Å². The van der Waals surface area contributed by atoms with Gasteiger partial charge in [0, 0.05) is 45.1 Å². The maximum Gasteiger partial charge on any atom is 0.308 e. The zero-order valence-corrected chi connectivity index (χ0v) is 30.2. The van der Waals surface area contributed by atoms with Crippen molar-refractivity contribution in [3.05, 3.63) is 35.4 Å². The summed E-state index contributed by atoms with van der Waals surface area (Å²) in [6.45, 7) is 8.26. The first-order valence-corrected chi connectivity index (χ1v) is 18.7. The van der Waals surface area contributed by atoms with Crippen molar-refractivity contribution in [2.45, 2.75) is 166 Å². The molecule has 2 N–H and O–H groups in total. The molecule has 2 amide bonds. The maximum absolute atomic E-state index is 12.6. The molecule has 1 aromatic carbocycles. The van der Waals surface area contributed by atoms with Gasteiger partial charge in [0.05, 0.1) is 60.6 Å². The minimum Gasteiger partial charge on any atom is -0.463 e. The number of esters is 2. The van der Waals surface area contributed by atoms with E-state index < -0.39 is 11.6 Å². The zero-order valence-electron chi connectivity index (χ0n) is 30.2. The highest BCUT2D eigenvalue weighted by Gasteiger charge is 2.47. The first kappa shape index (κ1) is 38.3. The minimum atomic E-state index is -0.659. The zero-order chi connectivity index (χ0) is 35.9. The summed E-state index contributed by atoms with van der Waals surface area (Å²) in [6, 6.07) is 6.90. The van der Waals surface area contributed by atoms with E-state index in [1.54, 1.807) is 24.3 Å². The number of hydrogen-bond donors (Lipinski definition) is 1. The Morgan fingerprint density at radius 2 is 1.12 bits per heavy atom. The fraction of sp³-hybridized carbons (Fsp3) is 0.737. The van der Waals surface area contributed by atoms with E-state index in [4.69, 9.17) is 34.2 Å². The molecule has 2 spiro atoms. The summed E-state index contributed by atoms with van der Waals surface area (Å²) >= 11 is 0. The van der Waals surface area contributed by atoms with E-state index in [2.05, 4.69) is 0 Å². The second-order valence-corrected chi connectivity index (χ2v) is 14.8.